The molecule has 0 aliphatic rings. The van der Waals surface area contributed by atoms with Gasteiger partial charge in [-0.05, 0) is 19.1 Å². The van der Waals surface area contributed by atoms with Crippen LogP contribution in [0.4, 0.5) is 5.69 Å². The number of hydrogen-bond donors (Lipinski definition) is 2. The van der Waals surface area contributed by atoms with E-state index >= 15 is 0 Å². The molecule has 0 bridgehead atoms. The fraction of sp³-hybridized carbons (Fsp3) is 0.273. The molecule has 1 aromatic heterocycles. The number of rotatable bonds is 4. The Hall–Kier alpha value is -2.02. The van der Waals surface area contributed by atoms with E-state index in [2.05, 4.69) is 22.1 Å². The van der Waals surface area contributed by atoms with Gasteiger partial charge in [0.2, 0.25) is 0 Å². The highest BCUT2D eigenvalue weighted by atomic mass is 16.1. The van der Waals surface area contributed by atoms with Crippen LogP contribution in [0.3, 0.4) is 0 Å². The summed E-state index contributed by atoms with van der Waals surface area (Å²) in [6.45, 7) is 2.54. The van der Waals surface area contributed by atoms with Crippen molar-refractivity contribution in [3.63, 3.8) is 0 Å². The second-order valence-corrected chi connectivity index (χ2v) is 2.90. The number of nitrogens with zero attached hydrogens (tertiary/aromatic N) is 1. The van der Waals surface area contributed by atoms with Crippen LogP contribution in [0, 0.1) is 11.8 Å². The molecule has 1 heterocycles. The van der Waals surface area contributed by atoms with E-state index in [0.717, 1.165) is 18.7 Å². The molecule has 0 radical (unpaired) electrons. The Labute approximate surface area is 88.9 Å². The number of primary amides is 1. The molecular weight excluding hydrogens is 190 g/mol. The van der Waals surface area contributed by atoms with Gasteiger partial charge in [-0.25, -0.2) is 0 Å². The van der Waals surface area contributed by atoms with E-state index in [-0.39, 0.29) is 5.69 Å². The van der Waals surface area contributed by atoms with Gasteiger partial charge in [-0.15, -0.1) is 11.8 Å². The van der Waals surface area contributed by atoms with E-state index in [1.807, 2.05) is 0 Å². The van der Waals surface area contributed by atoms with Gasteiger partial charge < -0.3 is 11.1 Å². The second kappa shape index (κ2) is 5.66. The number of pyridine rings is 1. The van der Waals surface area contributed by atoms with Gasteiger partial charge in [0.1, 0.15) is 5.69 Å². The molecule has 4 nitrogen and oxygen atoms in total. The SMILES string of the molecule is CC#CCCNc1ccnc(C(N)=O)c1. The zero-order valence-corrected chi connectivity index (χ0v) is 8.58. The molecule has 1 aromatic rings. The summed E-state index contributed by atoms with van der Waals surface area (Å²) in [5.74, 6) is 5.22. The fourth-order valence-corrected chi connectivity index (χ4v) is 1.07. The molecule has 0 unspecified atom stereocenters. The smallest absolute Gasteiger partial charge is 0.267 e. The van der Waals surface area contributed by atoms with Gasteiger partial charge in [0.05, 0.1) is 0 Å². The van der Waals surface area contributed by atoms with Crippen LogP contribution in [0.1, 0.15) is 23.8 Å². The maximum Gasteiger partial charge on any atom is 0.267 e. The van der Waals surface area contributed by atoms with E-state index in [9.17, 15) is 4.79 Å². The number of aromatic nitrogens is 1. The summed E-state index contributed by atoms with van der Waals surface area (Å²) in [5, 5.41) is 3.12. The van der Waals surface area contributed by atoms with Gasteiger partial charge in [-0.1, -0.05) is 0 Å². The lowest BCUT2D eigenvalue weighted by Crippen LogP contribution is -2.13. The highest BCUT2D eigenvalue weighted by Gasteiger charge is 2.01. The Morgan fingerprint density at radius 3 is 3.13 bits per heavy atom. The normalized spacial score (nSPS) is 8.87. The highest BCUT2D eigenvalue weighted by molar-refractivity contribution is 5.91. The molecule has 0 spiro atoms. The van der Waals surface area contributed by atoms with Crippen LogP contribution in [0.2, 0.25) is 0 Å². The lowest BCUT2D eigenvalue weighted by Gasteiger charge is -2.04. The summed E-state index contributed by atoms with van der Waals surface area (Å²) in [4.78, 5) is 14.7. The van der Waals surface area contributed by atoms with Crippen molar-refractivity contribution in [2.24, 2.45) is 5.73 Å². The fourth-order valence-electron chi connectivity index (χ4n) is 1.07. The van der Waals surface area contributed by atoms with Crippen LogP contribution >= 0.6 is 0 Å². The van der Waals surface area contributed by atoms with Crippen molar-refractivity contribution in [1.82, 2.24) is 4.98 Å². The Kier molecular flexibility index (Phi) is 4.17. The van der Waals surface area contributed by atoms with Crippen molar-refractivity contribution >= 4 is 11.6 Å². The minimum Gasteiger partial charge on any atom is -0.384 e. The summed E-state index contributed by atoms with van der Waals surface area (Å²) in [6.07, 6.45) is 2.32. The molecule has 4 heteroatoms. The third-order valence-corrected chi connectivity index (χ3v) is 1.77. The molecule has 3 N–H and O–H groups in total. The zero-order chi connectivity index (χ0) is 11.1. The van der Waals surface area contributed by atoms with Crippen molar-refractivity contribution in [2.45, 2.75) is 13.3 Å². The first-order valence-electron chi connectivity index (χ1n) is 4.63. The quantitative estimate of drug-likeness (QED) is 0.566. The van der Waals surface area contributed by atoms with E-state index in [0.29, 0.717) is 0 Å². The summed E-state index contributed by atoms with van der Waals surface area (Å²) < 4.78 is 0. The Morgan fingerprint density at radius 2 is 2.47 bits per heavy atom. The largest absolute Gasteiger partial charge is 0.384 e. The molecule has 0 aromatic carbocycles. The molecule has 15 heavy (non-hydrogen) atoms. The van der Waals surface area contributed by atoms with Crippen LogP contribution in [0.15, 0.2) is 18.3 Å². The standard InChI is InChI=1S/C11H13N3O/c1-2-3-4-6-13-9-5-7-14-10(8-9)11(12)15/h5,7-8H,4,6H2,1H3,(H2,12,15)(H,13,14). The summed E-state index contributed by atoms with van der Waals surface area (Å²) in [7, 11) is 0. The Morgan fingerprint density at radius 1 is 1.67 bits per heavy atom. The average molecular weight is 203 g/mol. The molecule has 0 fully saturated rings. The number of hydrogen-bond acceptors (Lipinski definition) is 3. The third kappa shape index (κ3) is 3.69. The zero-order valence-electron chi connectivity index (χ0n) is 8.58. The van der Waals surface area contributed by atoms with Crippen LogP contribution in [0.5, 0.6) is 0 Å². The van der Waals surface area contributed by atoms with Gasteiger partial charge in [-0.2, -0.15) is 0 Å². The van der Waals surface area contributed by atoms with E-state index < -0.39 is 5.91 Å². The predicted molar refractivity (Wildman–Crippen MR) is 59.3 cm³/mol. The molecule has 78 valence electrons. The molecule has 0 saturated carbocycles. The monoisotopic (exact) mass is 203 g/mol. The number of anilines is 1. The van der Waals surface area contributed by atoms with Gasteiger partial charge in [0.25, 0.3) is 5.91 Å². The van der Waals surface area contributed by atoms with Crippen molar-refractivity contribution in [2.75, 3.05) is 11.9 Å². The number of nitrogens with one attached hydrogen (secondary N) is 1. The Balaban J connectivity index is 2.56. The van der Waals surface area contributed by atoms with Crippen LogP contribution in [-0.2, 0) is 0 Å². The topological polar surface area (TPSA) is 68.0 Å². The van der Waals surface area contributed by atoms with E-state index in [4.69, 9.17) is 5.73 Å². The van der Waals surface area contributed by atoms with Crippen molar-refractivity contribution < 1.29 is 4.79 Å². The summed E-state index contributed by atoms with van der Waals surface area (Å²) in [5.41, 5.74) is 6.20. The Bertz CT molecular complexity index is 404. The molecule has 0 aliphatic carbocycles. The van der Waals surface area contributed by atoms with E-state index in [1.54, 1.807) is 25.3 Å². The third-order valence-electron chi connectivity index (χ3n) is 1.77. The minimum absolute atomic E-state index is 0.265. The average Bonchev–Trinajstić information content (AvgIpc) is 2.25. The van der Waals surface area contributed by atoms with E-state index in [1.165, 1.54) is 0 Å². The van der Waals surface area contributed by atoms with Gasteiger partial charge >= 0.3 is 0 Å². The molecule has 1 rings (SSSR count). The predicted octanol–water partition coefficient (Wildman–Crippen LogP) is 1.01. The highest BCUT2D eigenvalue weighted by Crippen LogP contribution is 2.07. The first-order chi connectivity index (χ1) is 7.24. The number of carbonyl (C=O) groups excluding carboxylic acids is 1. The molecule has 0 aliphatic heterocycles. The van der Waals surface area contributed by atoms with Gasteiger partial charge in [0, 0.05) is 24.8 Å². The molecule has 0 saturated heterocycles. The number of carbonyl (C=O) groups is 1. The first-order valence-corrected chi connectivity index (χ1v) is 4.63. The molecule has 0 atom stereocenters. The second-order valence-electron chi connectivity index (χ2n) is 2.90. The van der Waals surface area contributed by atoms with Crippen molar-refractivity contribution in [1.29, 1.82) is 0 Å². The van der Waals surface area contributed by atoms with Crippen LogP contribution in [0.25, 0.3) is 0 Å². The molecule has 1 amide bonds. The molecular formula is C11H13N3O. The maximum atomic E-state index is 10.8. The van der Waals surface area contributed by atoms with Gasteiger partial charge in [0.15, 0.2) is 0 Å². The van der Waals surface area contributed by atoms with Crippen LogP contribution < -0.4 is 11.1 Å². The lowest BCUT2D eigenvalue weighted by molar-refractivity contribution is 0.0995. The van der Waals surface area contributed by atoms with Crippen molar-refractivity contribution in [3.8, 4) is 11.8 Å². The maximum absolute atomic E-state index is 10.8. The van der Waals surface area contributed by atoms with Gasteiger partial charge in [-0.3, -0.25) is 9.78 Å². The minimum atomic E-state index is -0.521. The number of amides is 1. The van der Waals surface area contributed by atoms with Crippen molar-refractivity contribution in [3.05, 3.63) is 24.0 Å². The first kappa shape index (κ1) is 11.1. The summed E-state index contributed by atoms with van der Waals surface area (Å²) >= 11 is 0. The summed E-state index contributed by atoms with van der Waals surface area (Å²) in [6, 6.07) is 3.41. The van der Waals surface area contributed by atoms with Crippen LogP contribution in [-0.4, -0.2) is 17.4 Å². The number of nitrogens with two attached hydrogens (primary N) is 1. The lowest BCUT2D eigenvalue weighted by atomic mass is 10.3.